The van der Waals surface area contributed by atoms with Gasteiger partial charge >= 0.3 is 6.03 Å². The smallest absolute Gasteiger partial charge is 0.324 e. The molecule has 18 heavy (non-hydrogen) atoms. The fourth-order valence-corrected chi connectivity index (χ4v) is 2.38. The Hall–Kier alpha value is -1.58. The maximum Gasteiger partial charge on any atom is 0.324 e. The standard InChI is InChI=1S/C14H21N3O/c1-2-17(13-7-9-15-10-8-13)14(18)16-11-5-3-4-6-12-16/h7-10H,2-6,11-12H2,1H3. The molecule has 1 aliphatic heterocycles. The quantitative estimate of drug-likeness (QED) is 0.805. The number of hydrogen-bond acceptors (Lipinski definition) is 2. The minimum atomic E-state index is 0.130. The van der Waals surface area contributed by atoms with Crippen molar-refractivity contribution in [3.8, 4) is 0 Å². The van der Waals surface area contributed by atoms with Crippen LogP contribution < -0.4 is 4.90 Å². The summed E-state index contributed by atoms with van der Waals surface area (Å²) in [5, 5.41) is 0. The second-order valence-electron chi connectivity index (χ2n) is 4.63. The van der Waals surface area contributed by atoms with Crippen molar-refractivity contribution in [3.05, 3.63) is 24.5 Å². The summed E-state index contributed by atoms with van der Waals surface area (Å²) in [6, 6.07) is 3.91. The monoisotopic (exact) mass is 247 g/mol. The van der Waals surface area contributed by atoms with Crippen LogP contribution >= 0.6 is 0 Å². The van der Waals surface area contributed by atoms with Gasteiger partial charge in [0.1, 0.15) is 0 Å². The molecule has 0 aliphatic carbocycles. The van der Waals surface area contributed by atoms with Crippen molar-refractivity contribution >= 4 is 11.7 Å². The highest BCUT2D eigenvalue weighted by Crippen LogP contribution is 2.17. The third-order valence-corrected chi connectivity index (χ3v) is 3.40. The van der Waals surface area contributed by atoms with Crippen LogP contribution in [0.2, 0.25) is 0 Å². The number of carbonyl (C=O) groups is 1. The highest BCUT2D eigenvalue weighted by molar-refractivity contribution is 5.91. The molecule has 2 amide bonds. The van der Waals surface area contributed by atoms with Crippen LogP contribution in [0.25, 0.3) is 0 Å². The lowest BCUT2D eigenvalue weighted by molar-refractivity contribution is 0.207. The van der Waals surface area contributed by atoms with Crippen molar-refractivity contribution in [2.45, 2.75) is 32.6 Å². The highest BCUT2D eigenvalue weighted by atomic mass is 16.2. The van der Waals surface area contributed by atoms with Gasteiger partial charge in [0.2, 0.25) is 0 Å². The molecule has 0 aromatic carbocycles. The average molecular weight is 247 g/mol. The molecular formula is C14H21N3O. The Morgan fingerprint density at radius 2 is 1.83 bits per heavy atom. The van der Waals surface area contributed by atoms with Crippen LogP contribution in [-0.4, -0.2) is 35.5 Å². The van der Waals surface area contributed by atoms with Gasteiger partial charge in [-0.15, -0.1) is 0 Å². The van der Waals surface area contributed by atoms with Gasteiger partial charge in [-0.25, -0.2) is 4.79 Å². The normalized spacial score (nSPS) is 16.2. The zero-order chi connectivity index (χ0) is 12.8. The first kappa shape index (κ1) is 12.9. The molecule has 0 atom stereocenters. The predicted molar refractivity (Wildman–Crippen MR) is 72.7 cm³/mol. The largest absolute Gasteiger partial charge is 0.324 e. The van der Waals surface area contributed by atoms with Crippen molar-refractivity contribution in [2.24, 2.45) is 0 Å². The number of carbonyl (C=O) groups excluding carboxylic acids is 1. The van der Waals surface area contributed by atoms with E-state index in [2.05, 4.69) is 4.98 Å². The summed E-state index contributed by atoms with van der Waals surface area (Å²) < 4.78 is 0. The van der Waals surface area contributed by atoms with Crippen LogP contribution in [0.1, 0.15) is 32.6 Å². The molecule has 2 rings (SSSR count). The van der Waals surface area contributed by atoms with Crippen molar-refractivity contribution in [2.75, 3.05) is 24.5 Å². The van der Waals surface area contributed by atoms with E-state index in [1.54, 1.807) is 12.4 Å². The molecule has 0 unspecified atom stereocenters. The number of likely N-dealkylation sites (tertiary alicyclic amines) is 1. The van der Waals surface area contributed by atoms with Crippen LogP contribution in [0.3, 0.4) is 0 Å². The number of anilines is 1. The lowest BCUT2D eigenvalue weighted by Crippen LogP contribution is -2.43. The summed E-state index contributed by atoms with van der Waals surface area (Å²) in [5.41, 5.74) is 0.932. The molecule has 2 heterocycles. The van der Waals surface area contributed by atoms with E-state index in [0.717, 1.165) is 31.6 Å². The van der Waals surface area contributed by atoms with Crippen LogP contribution in [0.5, 0.6) is 0 Å². The van der Waals surface area contributed by atoms with Gasteiger partial charge in [0, 0.05) is 37.7 Å². The Kier molecular flexibility index (Phi) is 4.56. The van der Waals surface area contributed by atoms with E-state index in [9.17, 15) is 4.79 Å². The third kappa shape index (κ3) is 3.00. The van der Waals surface area contributed by atoms with Gasteiger partial charge in [-0.05, 0) is 31.9 Å². The number of urea groups is 1. The number of aromatic nitrogens is 1. The van der Waals surface area contributed by atoms with Crippen LogP contribution in [0, 0.1) is 0 Å². The molecule has 1 aromatic rings. The number of nitrogens with zero attached hydrogens (tertiary/aromatic N) is 3. The van der Waals surface area contributed by atoms with Crippen LogP contribution in [-0.2, 0) is 0 Å². The van der Waals surface area contributed by atoms with Gasteiger partial charge in [-0.1, -0.05) is 12.8 Å². The molecule has 1 aliphatic rings. The number of rotatable bonds is 2. The second kappa shape index (κ2) is 6.38. The Balaban J connectivity index is 2.09. The van der Waals surface area contributed by atoms with Crippen LogP contribution in [0.15, 0.2) is 24.5 Å². The van der Waals surface area contributed by atoms with Gasteiger partial charge in [-0.2, -0.15) is 0 Å². The minimum absolute atomic E-state index is 0.130. The topological polar surface area (TPSA) is 36.4 Å². The van der Waals surface area contributed by atoms with Gasteiger partial charge in [0.25, 0.3) is 0 Å². The highest BCUT2D eigenvalue weighted by Gasteiger charge is 2.21. The van der Waals surface area contributed by atoms with E-state index >= 15 is 0 Å². The van der Waals surface area contributed by atoms with E-state index < -0.39 is 0 Å². The second-order valence-corrected chi connectivity index (χ2v) is 4.63. The molecule has 0 spiro atoms. The summed E-state index contributed by atoms with van der Waals surface area (Å²) in [4.78, 5) is 20.3. The minimum Gasteiger partial charge on any atom is -0.324 e. The van der Waals surface area contributed by atoms with Crippen LogP contribution in [0.4, 0.5) is 10.5 Å². The van der Waals surface area contributed by atoms with Gasteiger partial charge in [-0.3, -0.25) is 9.88 Å². The molecule has 0 N–H and O–H groups in total. The zero-order valence-electron chi connectivity index (χ0n) is 11.0. The molecule has 1 aromatic heterocycles. The predicted octanol–water partition coefficient (Wildman–Crippen LogP) is 2.90. The summed E-state index contributed by atoms with van der Waals surface area (Å²) in [6.07, 6.45) is 8.19. The lowest BCUT2D eigenvalue weighted by Gasteiger charge is -2.29. The summed E-state index contributed by atoms with van der Waals surface area (Å²) in [6.45, 7) is 4.48. The SMILES string of the molecule is CCN(C(=O)N1CCCCCC1)c1ccncc1. The van der Waals surface area contributed by atoms with Gasteiger partial charge in [0.15, 0.2) is 0 Å². The first-order valence-corrected chi connectivity index (χ1v) is 6.79. The zero-order valence-corrected chi connectivity index (χ0v) is 11.0. The van der Waals surface area contributed by atoms with Crippen molar-refractivity contribution < 1.29 is 4.79 Å². The van der Waals surface area contributed by atoms with E-state index in [1.165, 1.54) is 12.8 Å². The summed E-state index contributed by atoms with van der Waals surface area (Å²) in [7, 11) is 0. The molecule has 98 valence electrons. The Morgan fingerprint density at radius 1 is 1.22 bits per heavy atom. The number of pyridine rings is 1. The molecule has 1 fully saturated rings. The lowest BCUT2D eigenvalue weighted by atomic mass is 10.2. The number of hydrogen-bond donors (Lipinski definition) is 0. The fourth-order valence-electron chi connectivity index (χ4n) is 2.38. The van der Waals surface area contributed by atoms with E-state index in [-0.39, 0.29) is 6.03 Å². The Labute approximate surface area is 109 Å². The Bertz CT molecular complexity index is 372. The first-order valence-electron chi connectivity index (χ1n) is 6.79. The molecule has 0 radical (unpaired) electrons. The Morgan fingerprint density at radius 3 is 2.39 bits per heavy atom. The maximum absolute atomic E-state index is 12.5. The van der Waals surface area contributed by atoms with Crippen molar-refractivity contribution in [1.29, 1.82) is 0 Å². The molecule has 1 saturated heterocycles. The maximum atomic E-state index is 12.5. The molecule has 0 bridgehead atoms. The number of amides is 2. The average Bonchev–Trinajstić information content (AvgIpc) is 2.69. The fraction of sp³-hybridized carbons (Fsp3) is 0.571. The third-order valence-electron chi connectivity index (χ3n) is 3.40. The van der Waals surface area contributed by atoms with Crippen molar-refractivity contribution in [3.63, 3.8) is 0 Å². The van der Waals surface area contributed by atoms with E-state index in [1.807, 2.05) is 28.9 Å². The molecule has 4 heteroatoms. The van der Waals surface area contributed by atoms with Crippen molar-refractivity contribution in [1.82, 2.24) is 9.88 Å². The van der Waals surface area contributed by atoms with E-state index in [0.29, 0.717) is 6.54 Å². The van der Waals surface area contributed by atoms with E-state index in [4.69, 9.17) is 0 Å². The van der Waals surface area contributed by atoms with Gasteiger partial charge in [0.05, 0.1) is 0 Å². The van der Waals surface area contributed by atoms with Gasteiger partial charge < -0.3 is 4.90 Å². The molecule has 0 saturated carbocycles. The molecular weight excluding hydrogens is 226 g/mol. The summed E-state index contributed by atoms with van der Waals surface area (Å²) in [5.74, 6) is 0. The first-order chi connectivity index (χ1) is 8.83. The molecule has 4 nitrogen and oxygen atoms in total. The summed E-state index contributed by atoms with van der Waals surface area (Å²) >= 11 is 0.